The fourth-order valence-electron chi connectivity index (χ4n) is 1.03. The number of carboxylic acid groups (broad SMARTS) is 1. The third kappa shape index (κ3) is 3.50. The second kappa shape index (κ2) is 5.86. The lowest BCUT2D eigenvalue weighted by molar-refractivity contribution is 0.0696. The van der Waals surface area contributed by atoms with Crippen molar-refractivity contribution in [2.24, 2.45) is 5.92 Å². The molecule has 1 unspecified atom stereocenters. The van der Waals surface area contributed by atoms with E-state index < -0.39 is 11.8 Å². The molecule has 0 bridgehead atoms. The van der Waals surface area contributed by atoms with Crippen molar-refractivity contribution in [1.82, 2.24) is 0 Å². The zero-order valence-corrected chi connectivity index (χ0v) is 9.63. The van der Waals surface area contributed by atoms with Crippen LogP contribution in [0.2, 0.25) is 0 Å². The highest BCUT2D eigenvalue weighted by Crippen LogP contribution is 2.25. The van der Waals surface area contributed by atoms with Gasteiger partial charge in [0.1, 0.15) is 5.82 Å². The van der Waals surface area contributed by atoms with Gasteiger partial charge in [-0.1, -0.05) is 6.92 Å². The number of aromatic carboxylic acids is 1. The Hall–Kier alpha value is -1.07. The molecule has 16 heavy (non-hydrogen) atoms. The molecule has 0 amide bonds. The maximum absolute atomic E-state index is 13.3. The lowest BCUT2D eigenvalue weighted by Crippen LogP contribution is -2.04. The molecule has 0 saturated heterocycles. The highest BCUT2D eigenvalue weighted by Gasteiger charge is 2.10. The number of rotatable bonds is 5. The monoisotopic (exact) mass is 244 g/mol. The van der Waals surface area contributed by atoms with Crippen molar-refractivity contribution in [2.75, 3.05) is 12.4 Å². The van der Waals surface area contributed by atoms with Crippen molar-refractivity contribution in [3.63, 3.8) is 0 Å². The maximum Gasteiger partial charge on any atom is 0.335 e. The third-order valence-corrected chi connectivity index (χ3v) is 3.37. The van der Waals surface area contributed by atoms with Crippen molar-refractivity contribution in [3.8, 4) is 0 Å². The number of hydrogen-bond acceptors (Lipinski definition) is 3. The van der Waals surface area contributed by atoms with E-state index in [2.05, 4.69) is 0 Å². The van der Waals surface area contributed by atoms with Gasteiger partial charge in [0.25, 0.3) is 0 Å². The predicted octanol–water partition coefficient (Wildman–Crippen LogP) is 2.24. The van der Waals surface area contributed by atoms with E-state index in [-0.39, 0.29) is 18.1 Å². The zero-order chi connectivity index (χ0) is 12.1. The Morgan fingerprint density at radius 3 is 2.81 bits per heavy atom. The third-order valence-electron chi connectivity index (χ3n) is 2.01. The van der Waals surface area contributed by atoms with Crippen molar-refractivity contribution in [3.05, 3.63) is 29.6 Å². The van der Waals surface area contributed by atoms with Crippen LogP contribution in [0.3, 0.4) is 0 Å². The molecule has 0 fully saturated rings. The molecule has 0 aliphatic rings. The summed E-state index contributed by atoms with van der Waals surface area (Å²) in [5.74, 6) is -0.897. The van der Waals surface area contributed by atoms with Crippen molar-refractivity contribution < 1.29 is 19.4 Å². The largest absolute Gasteiger partial charge is 0.478 e. The summed E-state index contributed by atoms with van der Waals surface area (Å²) in [4.78, 5) is 11.0. The normalized spacial score (nSPS) is 12.4. The summed E-state index contributed by atoms with van der Waals surface area (Å²) in [6.07, 6.45) is 0. The Labute approximate surface area is 97.3 Å². The molecule has 0 aliphatic heterocycles. The van der Waals surface area contributed by atoms with Gasteiger partial charge >= 0.3 is 5.97 Å². The molecule has 0 spiro atoms. The molecule has 88 valence electrons. The second-order valence-corrected chi connectivity index (χ2v) is 4.61. The molecule has 0 saturated carbocycles. The fourth-order valence-corrected chi connectivity index (χ4v) is 2.02. The van der Waals surface area contributed by atoms with E-state index in [0.717, 1.165) is 6.07 Å². The summed E-state index contributed by atoms with van der Waals surface area (Å²) in [6, 6.07) is 3.69. The van der Waals surface area contributed by atoms with Gasteiger partial charge in [0.2, 0.25) is 0 Å². The molecule has 0 aromatic heterocycles. The first-order valence-corrected chi connectivity index (χ1v) is 5.79. The van der Waals surface area contributed by atoms with Crippen LogP contribution in [-0.4, -0.2) is 28.5 Å². The van der Waals surface area contributed by atoms with Crippen LogP contribution in [0.25, 0.3) is 0 Å². The Bertz CT molecular complexity index is 381. The molecule has 1 aromatic carbocycles. The lowest BCUT2D eigenvalue weighted by atomic mass is 10.2. The number of halogens is 1. The molecule has 1 rings (SSSR count). The van der Waals surface area contributed by atoms with E-state index in [0.29, 0.717) is 10.6 Å². The van der Waals surface area contributed by atoms with Gasteiger partial charge in [-0.05, 0) is 24.1 Å². The number of hydrogen-bond donors (Lipinski definition) is 2. The van der Waals surface area contributed by atoms with Crippen LogP contribution >= 0.6 is 11.8 Å². The molecule has 2 N–H and O–H groups in total. The number of aliphatic hydroxyl groups excluding tert-OH is 1. The molecule has 1 aromatic rings. The van der Waals surface area contributed by atoms with Crippen molar-refractivity contribution >= 4 is 17.7 Å². The molecular weight excluding hydrogens is 231 g/mol. The average molecular weight is 244 g/mol. The SMILES string of the molecule is CC(CO)CSc1cc(C(=O)O)ccc1F. The quantitative estimate of drug-likeness (QED) is 0.780. The summed E-state index contributed by atoms with van der Waals surface area (Å²) in [5.41, 5.74) is 0.0700. The summed E-state index contributed by atoms with van der Waals surface area (Å²) in [7, 11) is 0. The minimum absolute atomic E-state index is 0.0350. The van der Waals surface area contributed by atoms with Crippen LogP contribution in [0, 0.1) is 11.7 Å². The van der Waals surface area contributed by atoms with Crippen LogP contribution in [0.1, 0.15) is 17.3 Å². The van der Waals surface area contributed by atoms with E-state index in [1.807, 2.05) is 6.92 Å². The van der Waals surface area contributed by atoms with Gasteiger partial charge < -0.3 is 10.2 Å². The van der Waals surface area contributed by atoms with Gasteiger partial charge in [-0.2, -0.15) is 0 Å². The molecule has 5 heteroatoms. The van der Waals surface area contributed by atoms with Gasteiger partial charge in [-0.25, -0.2) is 9.18 Å². The predicted molar refractivity (Wildman–Crippen MR) is 60.3 cm³/mol. The number of thioether (sulfide) groups is 1. The number of carbonyl (C=O) groups is 1. The Kier molecular flexibility index (Phi) is 4.76. The minimum atomic E-state index is -1.07. The first-order chi connectivity index (χ1) is 7.54. The van der Waals surface area contributed by atoms with Gasteiger partial charge in [0.05, 0.1) is 5.56 Å². The van der Waals surface area contributed by atoms with E-state index >= 15 is 0 Å². The van der Waals surface area contributed by atoms with Crippen LogP contribution in [0.4, 0.5) is 4.39 Å². The minimum Gasteiger partial charge on any atom is -0.478 e. The first-order valence-electron chi connectivity index (χ1n) is 4.81. The molecule has 3 nitrogen and oxygen atoms in total. The Balaban J connectivity index is 2.78. The summed E-state index contributed by atoms with van der Waals surface area (Å²) < 4.78 is 13.3. The smallest absolute Gasteiger partial charge is 0.335 e. The summed E-state index contributed by atoms with van der Waals surface area (Å²) >= 11 is 1.21. The number of aliphatic hydroxyl groups is 1. The van der Waals surface area contributed by atoms with Crippen LogP contribution in [-0.2, 0) is 0 Å². The lowest BCUT2D eigenvalue weighted by Gasteiger charge is -2.08. The van der Waals surface area contributed by atoms with E-state index in [9.17, 15) is 9.18 Å². The van der Waals surface area contributed by atoms with E-state index in [1.165, 1.54) is 23.9 Å². The van der Waals surface area contributed by atoms with E-state index in [1.54, 1.807) is 0 Å². The molecular formula is C11H13FO3S. The summed E-state index contributed by atoms with van der Waals surface area (Å²) in [6.45, 7) is 1.87. The van der Waals surface area contributed by atoms with Gasteiger partial charge in [0, 0.05) is 17.3 Å². The maximum atomic E-state index is 13.3. The van der Waals surface area contributed by atoms with Crippen LogP contribution in [0.5, 0.6) is 0 Å². The highest BCUT2D eigenvalue weighted by molar-refractivity contribution is 7.99. The molecule has 0 aliphatic carbocycles. The Morgan fingerprint density at radius 2 is 2.25 bits per heavy atom. The van der Waals surface area contributed by atoms with Crippen molar-refractivity contribution in [2.45, 2.75) is 11.8 Å². The topological polar surface area (TPSA) is 57.5 Å². The van der Waals surface area contributed by atoms with Gasteiger partial charge in [0.15, 0.2) is 0 Å². The standard InChI is InChI=1S/C11H13FO3S/c1-7(5-13)6-16-10-4-8(11(14)15)2-3-9(10)12/h2-4,7,13H,5-6H2,1H3,(H,14,15). The first kappa shape index (κ1) is 13.0. The van der Waals surface area contributed by atoms with E-state index in [4.69, 9.17) is 10.2 Å². The van der Waals surface area contributed by atoms with Gasteiger partial charge in [-0.15, -0.1) is 11.8 Å². The van der Waals surface area contributed by atoms with Gasteiger partial charge in [-0.3, -0.25) is 0 Å². The van der Waals surface area contributed by atoms with Crippen molar-refractivity contribution in [1.29, 1.82) is 0 Å². The Morgan fingerprint density at radius 1 is 1.56 bits per heavy atom. The molecule has 0 heterocycles. The summed E-state index contributed by atoms with van der Waals surface area (Å²) in [5, 5.41) is 17.6. The molecule has 0 radical (unpaired) electrons. The average Bonchev–Trinajstić information content (AvgIpc) is 2.27. The second-order valence-electron chi connectivity index (χ2n) is 3.55. The fraction of sp³-hybridized carbons (Fsp3) is 0.364. The number of benzene rings is 1. The molecule has 1 atom stereocenters. The van der Waals surface area contributed by atoms with Crippen LogP contribution in [0.15, 0.2) is 23.1 Å². The zero-order valence-electron chi connectivity index (χ0n) is 8.81. The number of carboxylic acids is 1. The highest BCUT2D eigenvalue weighted by atomic mass is 32.2. The van der Waals surface area contributed by atoms with Crippen LogP contribution < -0.4 is 0 Å².